The van der Waals surface area contributed by atoms with Crippen molar-refractivity contribution in [3.8, 4) is 11.4 Å². The lowest BCUT2D eigenvalue weighted by molar-refractivity contribution is -0.138. The number of piperazine rings is 2. The fraction of sp³-hybridized carbons (Fsp3) is 0.481. The number of carboxylic acid groups (broad SMARTS) is 1. The molecule has 2 fully saturated rings. The Morgan fingerprint density at radius 2 is 1.68 bits per heavy atom. The van der Waals surface area contributed by atoms with Crippen molar-refractivity contribution < 1.29 is 29.0 Å². The molecule has 40 heavy (non-hydrogen) atoms. The number of carbonyl (C=O) groups excluding carboxylic acids is 3. The van der Waals surface area contributed by atoms with Crippen LogP contribution in [0.25, 0.3) is 11.4 Å². The standard InChI is InChI=1S/C27H35N7O6/c1-2-40-27(39)34-16-14-33(15-17-34)26(38)20(8-9-23(35)36)30-25(37)21-18-22(32-12-10-28-11-13-32)31-24(29-21)19-6-4-3-5-7-19/h3-7,18,20,28H,2,8-17H2,1H3,(H,30,37)(H,35,36)/t20-/m0/s1. The number of carboxylic acids is 1. The molecule has 0 saturated carbocycles. The van der Waals surface area contributed by atoms with Crippen LogP contribution < -0.4 is 15.5 Å². The number of aliphatic carboxylic acids is 1. The van der Waals surface area contributed by atoms with Crippen LogP contribution in [0.3, 0.4) is 0 Å². The number of nitrogens with zero attached hydrogens (tertiary/aromatic N) is 5. The third kappa shape index (κ3) is 7.44. The van der Waals surface area contributed by atoms with E-state index >= 15 is 0 Å². The van der Waals surface area contributed by atoms with Crippen LogP contribution in [0, 0.1) is 0 Å². The van der Waals surface area contributed by atoms with Gasteiger partial charge in [-0.2, -0.15) is 0 Å². The highest BCUT2D eigenvalue weighted by molar-refractivity contribution is 5.97. The minimum atomic E-state index is -1.08. The van der Waals surface area contributed by atoms with Gasteiger partial charge < -0.3 is 35.2 Å². The number of hydrogen-bond donors (Lipinski definition) is 3. The van der Waals surface area contributed by atoms with Gasteiger partial charge in [0.25, 0.3) is 5.91 Å². The number of ether oxygens (including phenoxy) is 1. The number of nitrogens with one attached hydrogen (secondary N) is 2. The lowest BCUT2D eigenvalue weighted by Crippen LogP contribution is -2.56. The van der Waals surface area contributed by atoms with Crippen LogP contribution in [0.15, 0.2) is 36.4 Å². The lowest BCUT2D eigenvalue weighted by Gasteiger charge is -2.36. The third-order valence-electron chi connectivity index (χ3n) is 6.79. The topological polar surface area (TPSA) is 157 Å². The van der Waals surface area contributed by atoms with E-state index in [1.54, 1.807) is 13.0 Å². The summed E-state index contributed by atoms with van der Waals surface area (Å²) < 4.78 is 5.03. The molecule has 13 heteroatoms. The molecule has 3 amide bonds. The second-order valence-corrected chi connectivity index (χ2v) is 9.51. The largest absolute Gasteiger partial charge is 0.481 e. The molecular formula is C27H35N7O6. The molecule has 0 bridgehead atoms. The van der Waals surface area contributed by atoms with Gasteiger partial charge in [0.1, 0.15) is 17.6 Å². The summed E-state index contributed by atoms with van der Waals surface area (Å²) in [5.41, 5.74) is 0.828. The van der Waals surface area contributed by atoms with E-state index in [0.717, 1.165) is 18.7 Å². The normalized spacial score (nSPS) is 16.3. The molecule has 13 nitrogen and oxygen atoms in total. The second-order valence-electron chi connectivity index (χ2n) is 9.51. The maximum atomic E-state index is 13.5. The summed E-state index contributed by atoms with van der Waals surface area (Å²) in [6.45, 7) is 6.02. The molecule has 0 radical (unpaired) electrons. The Bertz CT molecular complexity index is 1200. The summed E-state index contributed by atoms with van der Waals surface area (Å²) >= 11 is 0. The van der Waals surface area contributed by atoms with E-state index in [9.17, 15) is 24.3 Å². The minimum Gasteiger partial charge on any atom is -0.481 e. The zero-order chi connectivity index (χ0) is 28.5. The van der Waals surface area contributed by atoms with Crippen molar-refractivity contribution in [2.75, 3.05) is 63.9 Å². The summed E-state index contributed by atoms with van der Waals surface area (Å²) in [6, 6.07) is 9.83. The molecule has 1 atom stereocenters. The Morgan fingerprint density at radius 3 is 2.33 bits per heavy atom. The first-order valence-corrected chi connectivity index (χ1v) is 13.5. The maximum absolute atomic E-state index is 13.5. The molecule has 1 aromatic heterocycles. The zero-order valence-electron chi connectivity index (χ0n) is 22.5. The molecule has 4 rings (SSSR count). The van der Waals surface area contributed by atoms with Gasteiger partial charge in [-0.3, -0.25) is 14.4 Å². The van der Waals surface area contributed by atoms with E-state index in [-0.39, 0.29) is 51.3 Å². The average Bonchev–Trinajstić information content (AvgIpc) is 2.99. The van der Waals surface area contributed by atoms with Gasteiger partial charge in [0.2, 0.25) is 5.91 Å². The van der Waals surface area contributed by atoms with Crippen molar-refractivity contribution in [3.05, 3.63) is 42.1 Å². The first-order valence-electron chi connectivity index (χ1n) is 13.5. The number of anilines is 1. The number of amides is 3. The van der Waals surface area contributed by atoms with Gasteiger partial charge in [0.05, 0.1) is 6.61 Å². The molecule has 0 unspecified atom stereocenters. The van der Waals surface area contributed by atoms with E-state index in [0.29, 0.717) is 24.7 Å². The van der Waals surface area contributed by atoms with Crippen LogP contribution in [0.5, 0.6) is 0 Å². The summed E-state index contributed by atoms with van der Waals surface area (Å²) in [4.78, 5) is 64.6. The number of aromatic nitrogens is 2. The average molecular weight is 554 g/mol. The van der Waals surface area contributed by atoms with Gasteiger partial charge in [0, 0.05) is 70.4 Å². The van der Waals surface area contributed by atoms with Gasteiger partial charge in [-0.25, -0.2) is 14.8 Å². The number of carbonyl (C=O) groups is 4. The molecule has 2 aliphatic rings. The van der Waals surface area contributed by atoms with Crippen molar-refractivity contribution >= 4 is 29.7 Å². The van der Waals surface area contributed by atoms with Crippen molar-refractivity contribution in [1.29, 1.82) is 0 Å². The first kappa shape index (κ1) is 28.7. The van der Waals surface area contributed by atoms with Crippen molar-refractivity contribution in [1.82, 2.24) is 30.4 Å². The highest BCUT2D eigenvalue weighted by atomic mass is 16.6. The fourth-order valence-electron chi connectivity index (χ4n) is 4.62. The Kier molecular flexibility index (Phi) is 9.84. The Labute approximate surface area is 232 Å². The van der Waals surface area contributed by atoms with Crippen LogP contribution in [0.2, 0.25) is 0 Å². The van der Waals surface area contributed by atoms with Crippen LogP contribution in [0.1, 0.15) is 30.3 Å². The molecule has 3 N–H and O–H groups in total. The van der Waals surface area contributed by atoms with E-state index in [4.69, 9.17) is 9.72 Å². The van der Waals surface area contributed by atoms with Crippen LogP contribution in [0.4, 0.5) is 10.6 Å². The molecular weight excluding hydrogens is 518 g/mol. The number of rotatable bonds is 9. The molecule has 214 valence electrons. The number of hydrogen-bond acceptors (Lipinski definition) is 9. The molecule has 2 aromatic rings. The molecule has 0 spiro atoms. The monoisotopic (exact) mass is 553 g/mol. The minimum absolute atomic E-state index is 0.0841. The van der Waals surface area contributed by atoms with Crippen molar-refractivity contribution in [2.45, 2.75) is 25.8 Å². The van der Waals surface area contributed by atoms with Gasteiger partial charge in [0.15, 0.2) is 5.82 Å². The molecule has 3 heterocycles. The van der Waals surface area contributed by atoms with Crippen molar-refractivity contribution in [2.24, 2.45) is 0 Å². The van der Waals surface area contributed by atoms with Gasteiger partial charge in [-0.1, -0.05) is 30.3 Å². The zero-order valence-corrected chi connectivity index (χ0v) is 22.5. The summed E-state index contributed by atoms with van der Waals surface area (Å²) in [7, 11) is 0. The van der Waals surface area contributed by atoms with Gasteiger partial charge in [-0.15, -0.1) is 0 Å². The fourth-order valence-corrected chi connectivity index (χ4v) is 4.62. The highest BCUT2D eigenvalue weighted by Gasteiger charge is 2.31. The lowest BCUT2D eigenvalue weighted by atomic mass is 10.1. The quantitative estimate of drug-likeness (QED) is 0.406. The summed E-state index contributed by atoms with van der Waals surface area (Å²) in [5.74, 6) is -1.09. The van der Waals surface area contributed by atoms with E-state index in [2.05, 4.69) is 20.5 Å². The smallest absolute Gasteiger partial charge is 0.409 e. The number of benzene rings is 1. The van der Waals surface area contributed by atoms with Gasteiger partial charge >= 0.3 is 12.1 Å². The third-order valence-corrected chi connectivity index (χ3v) is 6.79. The van der Waals surface area contributed by atoms with Crippen LogP contribution >= 0.6 is 0 Å². The van der Waals surface area contributed by atoms with E-state index < -0.39 is 29.9 Å². The maximum Gasteiger partial charge on any atom is 0.409 e. The summed E-state index contributed by atoms with van der Waals surface area (Å²) in [6.07, 6.45) is -0.826. The van der Waals surface area contributed by atoms with E-state index in [1.165, 1.54) is 9.80 Å². The summed E-state index contributed by atoms with van der Waals surface area (Å²) in [5, 5.41) is 15.3. The second kappa shape index (κ2) is 13.7. The highest BCUT2D eigenvalue weighted by Crippen LogP contribution is 2.21. The Morgan fingerprint density at radius 1 is 1.00 bits per heavy atom. The van der Waals surface area contributed by atoms with Gasteiger partial charge in [-0.05, 0) is 13.3 Å². The Hall–Kier alpha value is -4.26. The van der Waals surface area contributed by atoms with Crippen molar-refractivity contribution in [3.63, 3.8) is 0 Å². The SMILES string of the molecule is CCOC(=O)N1CCN(C(=O)[C@H](CCC(=O)O)NC(=O)c2cc(N3CCNCC3)nc(-c3ccccc3)n2)CC1. The van der Waals surface area contributed by atoms with E-state index in [1.807, 2.05) is 30.3 Å². The predicted octanol–water partition coefficient (Wildman–Crippen LogP) is 0.817. The molecule has 0 aliphatic carbocycles. The Balaban J connectivity index is 1.54. The predicted molar refractivity (Wildman–Crippen MR) is 146 cm³/mol. The van der Waals surface area contributed by atoms with Crippen LogP contribution in [-0.4, -0.2) is 114 Å². The first-order chi connectivity index (χ1) is 19.4. The van der Waals surface area contributed by atoms with Crippen LogP contribution in [-0.2, 0) is 14.3 Å². The molecule has 1 aromatic carbocycles. The molecule has 2 saturated heterocycles. The molecule has 2 aliphatic heterocycles.